The summed E-state index contributed by atoms with van der Waals surface area (Å²) < 4.78 is 5.09. The molecule has 0 unspecified atom stereocenters. The monoisotopic (exact) mass is 403 g/mol. The Morgan fingerprint density at radius 3 is 2.61 bits per heavy atom. The van der Waals surface area contributed by atoms with Crippen LogP contribution in [0.4, 0.5) is 5.00 Å². The number of hydrogen-bond donors (Lipinski definition) is 1. The van der Waals surface area contributed by atoms with Crippen molar-refractivity contribution >= 4 is 28.2 Å². The highest BCUT2D eigenvalue weighted by Crippen LogP contribution is 2.50. The molecule has 3 aliphatic carbocycles. The Morgan fingerprint density at radius 1 is 1.21 bits per heavy atom. The fourth-order valence-corrected chi connectivity index (χ4v) is 7.04. The molecule has 1 N–H and O–H groups in total. The number of hydrogen-bond acceptors (Lipinski definition) is 4. The van der Waals surface area contributed by atoms with Crippen LogP contribution in [0.2, 0.25) is 0 Å². The van der Waals surface area contributed by atoms with Crippen molar-refractivity contribution in [2.24, 2.45) is 29.1 Å². The molecule has 0 aliphatic heterocycles. The number of nitrogens with one attached hydrogen (secondary N) is 1. The van der Waals surface area contributed by atoms with Gasteiger partial charge >= 0.3 is 5.97 Å². The number of ether oxygens (including phenoxy) is 1. The lowest BCUT2D eigenvalue weighted by Crippen LogP contribution is -2.29. The number of amides is 1. The molecule has 0 spiro atoms. The van der Waals surface area contributed by atoms with Crippen molar-refractivity contribution in [3.05, 3.63) is 16.0 Å². The van der Waals surface area contributed by atoms with Gasteiger partial charge in [0.25, 0.3) is 0 Å². The molecule has 2 fully saturated rings. The maximum Gasteiger partial charge on any atom is 0.341 e. The van der Waals surface area contributed by atoms with Gasteiger partial charge in [-0.2, -0.15) is 0 Å². The number of carbonyl (C=O) groups is 2. The van der Waals surface area contributed by atoms with Crippen molar-refractivity contribution in [1.82, 2.24) is 0 Å². The Kier molecular flexibility index (Phi) is 5.32. The van der Waals surface area contributed by atoms with Crippen molar-refractivity contribution in [3.63, 3.8) is 0 Å². The van der Waals surface area contributed by atoms with Crippen LogP contribution in [0.15, 0.2) is 0 Å². The molecular weight excluding hydrogens is 370 g/mol. The van der Waals surface area contributed by atoms with Gasteiger partial charge in [0, 0.05) is 10.8 Å². The highest BCUT2D eigenvalue weighted by Gasteiger charge is 2.43. The number of thiophene rings is 1. The molecule has 1 amide bonds. The van der Waals surface area contributed by atoms with E-state index >= 15 is 0 Å². The lowest BCUT2D eigenvalue weighted by Gasteiger charge is -2.36. The predicted molar refractivity (Wildman–Crippen MR) is 113 cm³/mol. The van der Waals surface area contributed by atoms with E-state index in [0.717, 1.165) is 48.6 Å². The first kappa shape index (κ1) is 19.9. The standard InChI is InChI=1S/C23H33NO3S/c1-5-23(2,3)15-8-9-16-18(12-15)28-21(19(16)22(26)27-4)24-20(25)17-11-13-6-7-14(17)10-13/h13-15,17H,5-12H2,1-4H3,(H,24,25)/t13-,14-,15+,17+/m0/s1. The average Bonchev–Trinajstić information content (AvgIpc) is 3.40. The molecular formula is C23H33NO3S. The third-order valence-electron chi connectivity index (χ3n) is 7.98. The zero-order valence-electron chi connectivity index (χ0n) is 17.6. The number of rotatable bonds is 5. The second-order valence-corrected chi connectivity index (χ2v) is 10.9. The van der Waals surface area contributed by atoms with E-state index in [1.165, 1.54) is 31.2 Å². The van der Waals surface area contributed by atoms with E-state index in [1.807, 2.05) is 0 Å². The fraction of sp³-hybridized carbons (Fsp3) is 0.739. The minimum atomic E-state index is -0.311. The normalized spacial score (nSPS) is 28.9. The summed E-state index contributed by atoms with van der Waals surface area (Å²) >= 11 is 1.61. The average molecular weight is 404 g/mol. The van der Waals surface area contributed by atoms with E-state index in [2.05, 4.69) is 26.1 Å². The maximum atomic E-state index is 13.0. The van der Waals surface area contributed by atoms with Crippen molar-refractivity contribution in [3.8, 4) is 0 Å². The largest absolute Gasteiger partial charge is 0.465 e. The van der Waals surface area contributed by atoms with Gasteiger partial charge in [-0.15, -0.1) is 11.3 Å². The minimum absolute atomic E-state index is 0.112. The van der Waals surface area contributed by atoms with Crippen LogP contribution in [-0.4, -0.2) is 19.0 Å². The molecule has 4 nitrogen and oxygen atoms in total. The Balaban J connectivity index is 1.59. The van der Waals surface area contributed by atoms with Crippen molar-refractivity contribution in [2.45, 2.75) is 72.1 Å². The Labute approximate surface area is 172 Å². The van der Waals surface area contributed by atoms with Crippen LogP contribution >= 0.6 is 11.3 Å². The van der Waals surface area contributed by atoms with E-state index in [4.69, 9.17) is 4.74 Å². The Hall–Kier alpha value is -1.36. The van der Waals surface area contributed by atoms with Gasteiger partial charge in [0.1, 0.15) is 5.00 Å². The van der Waals surface area contributed by atoms with Gasteiger partial charge in [-0.25, -0.2) is 4.79 Å². The van der Waals surface area contributed by atoms with Gasteiger partial charge in [0.2, 0.25) is 5.91 Å². The molecule has 5 heteroatoms. The molecule has 28 heavy (non-hydrogen) atoms. The molecule has 1 heterocycles. The van der Waals surface area contributed by atoms with Crippen LogP contribution < -0.4 is 5.32 Å². The van der Waals surface area contributed by atoms with Crippen LogP contribution in [0.3, 0.4) is 0 Å². The van der Waals surface area contributed by atoms with Crippen molar-refractivity contribution in [1.29, 1.82) is 0 Å². The number of carbonyl (C=O) groups excluding carboxylic acids is 2. The summed E-state index contributed by atoms with van der Waals surface area (Å²) in [6.07, 6.45) is 8.82. The molecule has 4 rings (SSSR count). The Morgan fingerprint density at radius 2 is 2.00 bits per heavy atom. The van der Waals surface area contributed by atoms with Crippen molar-refractivity contribution < 1.29 is 14.3 Å². The van der Waals surface area contributed by atoms with Crippen molar-refractivity contribution in [2.75, 3.05) is 12.4 Å². The summed E-state index contributed by atoms with van der Waals surface area (Å²) in [5, 5.41) is 3.88. The number of methoxy groups -OCH3 is 1. The first-order valence-corrected chi connectivity index (χ1v) is 11.7. The third-order valence-corrected chi connectivity index (χ3v) is 9.15. The van der Waals surface area contributed by atoms with E-state index < -0.39 is 0 Å². The maximum absolute atomic E-state index is 13.0. The van der Waals surface area contributed by atoms with Gasteiger partial charge in [0.05, 0.1) is 12.7 Å². The highest BCUT2D eigenvalue weighted by atomic mass is 32.1. The third kappa shape index (κ3) is 3.40. The molecule has 1 aromatic rings. The minimum Gasteiger partial charge on any atom is -0.465 e. The number of esters is 1. The molecule has 1 aromatic heterocycles. The molecule has 0 radical (unpaired) electrons. The van der Waals surface area contributed by atoms with Crippen LogP contribution in [0, 0.1) is 29.1 Å². The topological polar surface area (TPSA) is 55.4 Å². The van der Waals surface area contributed by atoms with Gasteiger partial charge in [-0.1, -0.05) is 33.6 Å². The first-order chi connectivity index (χ1) is 13.3. The van der Waals surface area contributed by atoms with Crippen LogP contribution in [0.5, 0.6) is 0 Å². The Bertz CT molecular complexity index is 781. The lowest BCUT2D eigenvalue weighted by atomic mass is 9.69. The van der Waals surface area contributed by atoms with E-state index in [9.17, 15) is 9.59 Å². The fourth-order valence-electron chi connectivity index (χ4n) is 5.72. The van der Waals surface area contributed by atoms with Crippen LogP contribution in [0.1, 0.15) is 80.1 Å². The molecule has 3 aliphatic rings. The number of fused-ring (bicyclic) bond motifs is 3. The van der Waals surface area contributed by atoms with Crippen LogP contribution in [-0.2, 0) is 22.4 Å². The second-order valence-electron chi connectivity index (χ2n) is 9.75. The van der Waals surface area contributed by atoms with Gasteiger partial charge in [-0.3, -0.25) is 4.79 Å². The number of anilines is 1. The lowest BCUT2D eigenvalue weighted by molar-refractivity contribution is -0.121. The quantitative estimate of drug-likeness (QED) is 0.665. The van der Waals surface area contributed by atoms with Gasteiger partial charge in [-0.05, 0) is 67.3 Å². The summed E-state index contributed by atoms with van der Waals surface area (Å²) in [6, 6.07) is 0. The van der Waals surface area contributed by atoms with Crippen LogP contribution in [0.25, 0.3) is 0 Å². The van der Waals surface area contributed by atoms with E-state index in [-0.39, 0.29) is 17.8 Å². The predicted octanol–water partition coefficient (Wildman–Crippen LogP) is 5.45. The zero-order valence-corrected chi connectivity index (χ0v) is 18.4. The molecule has 4 atom stereocenters. The zero-order chi connectivity index (χ0) is 20.1. The second kappa shape index (κ2) is 7.47. The summed E-state index contributed by atoms with van der Waals surface area (Å²) in [4.78, 5) is 26.8. The van der Waals surface area contributed by atoms with E-state index in [1.54, 1.807) is 11.3 Å². The summed E-state index contributed by atoms with van der Waals surface area (Å²) in [7, 11) is 1.43. The summed E-state index contributed by atoms with van der Waals surface area (Å²) in [5.41, 5.74) is 2.02. The molecule has 0 saturated heterocycles. The summed E-state index contributed by atoms with van der Waals surface area (Å²) in [6.45, 7) is 6.94. The SMILES string of the molecule is CCC(C)(C)[C@@H]1CCc2c(sc(NC(=O)[C@@H]3C[C@H]4CC[C@H]3C4)c2C(=O)OC)C1. The summed E-state index contributed by atoms with van der Waals surface area (Å²) in [5.74, 6) is 1.80. The highest BCUT2D eigenvalue weighted by molar-refractivity contribution is 7.17. The first-order valence-electron chi connectivity index (χ1n) is 10.9. The van der Waals surface area contributed by atoms with E-state index in [0.29, 0.717) is 22.8 Å². The molecule has 2 saturated carbocycles. The van der Waals surface area contributed by atoms with Gasteiger partial charge < -0.3 is 10.1 Å². The smallest absolute Gasteiger partial charge is 0.341 e. The molecule has 154 valence electrons. The molecule has 2 bridgehead atoms. The van der Waals surface area contributed by atoms with Gasteiger partial charge in [0.15, 0.2) is 0 Å². The molecule has 0 aromatic carbocycles.